The number of hydrogen-bond donors (Lipinski definition) is 2. The summed E-state index contributed by atoms with van der Waals surface area (Å²) in [5.41, 5.74) is 3.95. The summed E-state index contributed by atoms with van der Waals surface area (Å²) in [5, 5.41) is 6.28. The Hall–Kier alpha value is -2.37. The second kappa shape index (κ2) is 7.89. The van der Waals surface area contributed by atoms with Crippen molar-refractivity contribution in [3.8, 4) is 11.4 Å². The van der Waals surface area contributed by atoms with Crippen LogP contribution in [0.25, 0.3) is 22.4 Å². The van der Waals surface area contributed by atoms with Crippen molar-refractivity contribution in [1.82, 2.24) is 14.9 Å². The number of nitrogens with zero attached hydrogens (tertiary/aromatic N) is 2. The Labute approximate surface area is 159 Å². The molecule has 1 amide bonds. The maximum Gasteiger partial charge on any atom is 0.241 e. The summed E-state index contributed by atoms with van der Waals surface area (Å²) in [6, 6.07) is 15.9. The van der Waals surface area contributed by atoms with Crippen molar-refractivity contribution in [3.63, 3.8) is 0 Å². The minimum absolute atomic E-state index is 0. The van der Waals surface area contributed by atoms with Gasteiger partial charge in [0, 0.05) is 18.3 Å². The highest BCUT2D eigenvalue weighted by atomic mass is 35.5. The minimum atomic E-state index is -0.0757. The first-order chi connectivity index (χ1) is 12.2. The van der Waals surface area contributed by atoms with Crippen LogP contribution in [0.1, 0.15) is 19.3 Å². The van der Waals surface area contributed by atoms with Gasteiger partial charge in [-0.2, -0.15) is 0 Å². The first-order valence-corrected chi connectivity index (χ1v) is 8.78. The van der Waals surface area contributed by atoms with Gasteiger partial charge in [0.15, 0.2) is 0 Å². The molecule has 1 aliphatic rings. The Morgan fingerprint density at radius 3 is 2.62 bits per heavy atom. The van der Waals surface area contributed by atoms with Gasteiger partial charge in [-0.15, -0.1) is 12.4 Å². The van der Waals surface area contributed by atoms with E-state index in [0.29, 0.717) is 0 Å². The SMILES string of the molecule is Cl.Cn1c(-c2ccc(NC(=O)C3CCCCN3)cc2)nc2ccccc21. The van der Waals surface area contributed by atoms with Gasteiger partial charge in [0.25, 0.3) is 0 Å². The van der Waals surface area contributed by atoms with Crippen LogP contribution in [0.4, 0.5) is 5.69 Å². The maximum atomic E-state index is 12.3. The zero-order valence-corrected chi connectivity index (χ0v) is 15.6. The van der Waals surface area contributed by atoms with Gasteiger partial charge in [0.05, 0.1) is 17.1 Å². The van der Waals surface area contributed by atoms with Crippen molar-refractivity contribution in [1.29, 1.82) is 0 Å². The number of aryl methyl sites for hydroxylation is 1. The monoisotopic (exact) mass is 370 g/mol. The van der Waals surface area contributed by atoms with Crippen LogP contribution in [0.5, 0.6) is 0 Å². The number of rotatable bonds is 3. The summed E-state index contributed by atoms with van der Waals surface area (Å²) in [4.78, 5) is 17.0. The molecular formula is C20H23ClN4O. The zero-order chi connectivity index (χ0) is 17.2. The third kappa shape index (κ3) is 3.59. The lowest BCUT2D eigenvalue weighted by Gasteiger charge is -2.22. The number of aromatic nitrogens is 2. The van der Waals surface area contributed by atoms with E-state index in [4.69, 9.17) is 4.98 Å². The highest BCUT2D eigenvalue weighted by Crippen LogP contribution is 2.24. The fourth-order valence-corrected chi connectivity index (χ4v) is 3.41. The smallest absolute Gasteiger partial charge is 0.241 e. The summed E-state index contributed by atoms with van der Waals surface area (Å²) in [6.07, 6.45) is 3.16. The van der Waals surface area contributed by atoms with Gasteiger partial charge < -0.3 is 15.2 Å². The molecule has 1 atom stereocenters. The first kappa shape index (κ1) is 18.4. The number of fused-ring (bicyclic) bond motifs is 1. The molecule has 2 N–H and O–H groups in total. The summed E-state index contributed by atoms with van der Waals surface area (Å²) in [5.74, 6) is 0.975. The fraction of sp³-hybridized carbons (Fsp3) is 0.300. The molecule has 5 nitrogen and oxygen atoms in total. The van der Waals surface area contributed by atoms with Gasteiger partial charge in [-0.25, -0.2) is 4.98 Å². The molecule has 2 heterocycles. The molecule has 0 radical (unpaired) electrons. The number of piperidine rings is 1. The largest absolute Gasteiger partial charge is 0.327 e. The van der Waals surface area contributed by atoms with Gasteiger partial charge >= 0.3 is 0 Å². The number of anilines is 1. The molecule has 136 valence electrons. The average Bonchev–Trinajstić information content (AvgIpc) is 3.00. The molecule has 1 saturated heterocycles. The molecule has 1 aromatic heterocycles. The topological polar surface area (TPSA) is 59.0 Å². The minimum Gasteiger partial charge on any atom is -0.327 e. The van der Waals surface area contributed by atoms with Crippen molar-refractivity contribution in [2.75, 3.05) is 11.9 Å². The molecule has 6 heteroatoms. The molecule has 0 aliphatic carbocycles. The van der Waals surface area contributed by atoms with E-state index in [9.17, 15) is 4.79 Å². The Bertz CT molecular complexity index is 898. The van der Waals surface area contributed by atoms with E-state index in [2.05, 4.69) is 21.3 Å². The molecule has 0 bridgehead atoms. The van der Waals surface area contributed by atoms with E-state index in [1.807, 2.05) is 49.5 Å². The van der Waals surface area contributed by atoms with Crippen molar-refractivity contribution in [3.05, 3.63) is 48.5 Å². The predicted molar refractivity (Wildman–Crippen MR) is 108 cm³/mol. The number of carbonyl (C=O) groups is 1. The van der Waals surface area contributed by atoms with Crippen molar-refractivity contribution >= 4 is 35.0 Å². The average molecular weight is 371 g/mol. The van der Waals surface area contributed by atoms with Crippen LogP contribution in [0.2, 0.25) is 0 Å². The summed E-state index contributed by atoms with van der Waals surface area (Å²) in [6.45, 7) is 0.920. The molecule has 26 heavy (non-hydrogen) atoms. The van der Waals surface area contributed by atoms with Crippen LogP contribution in [0.3, 0.4) is 0 Å². The van der Waals surface area contributed by atoms with Crippen LogP contribution in [0, 0.1) is 0 Å². The third-order valence-electron chi connectivity index (χ3n) is 4.82. The Morgan fingerprint density at radius 1 is 1.15 bits per heavy atom. The molecule has 4 rings (SSSR count). The second-order valence-electron chi connectivity index (χ2n) is 6.55. The van der Waals surface area contributed by atoms with E-state index >= 15 is 0 Å². The summed E-state index contributed by atoms with van der Waals surface area (Å²) < 4.78 is 2.09. The molecular weight excluding hydrogens is 348 g/mol. The van der Waals surface area contributed by atoms with E-state index < -0.39 is 0 Å². The number of carbonyl (C=O) groups excluding carboxylic acids is 1. The Balaban J connectivity index is 0.00000196. The lowest BCUT2D eigenvalue weighted by atomic mass is 10.0. The van der Waals surface area contributed by atoms with Gasteiger partial charge in [0.1, 0.15) is 5.82 Å². The molecule has 1 aliphatic heterocycles. The molecule has 3 aromatic rings. The number of imidazole rings is 1. The van der Waals surface area contributed by atoms with Crippen LogP contribution in [0.15, 0.2) is 48.5 Å². The number of halogens is 1. The van der Waals surface area contributed by atoms with Crippen LogP contribution < -0.4 is 10.6 Å². The van der Waals surface area contributed by atoms with Gasteiger partial charge in [0.2, 0.25) is 5.91 Å². The normalized spacial score (nSPS) is 16.9. The van der Waals surface area contributed by atoms with Gasteiger partial charge in [-0.1, -0.05) is 18.6 Å². The van der Waals surface area contributed by atoms with Crippen molar-refractivity contribution in [2.45, 2.75) is 25.3 Å². The quantitative estimate of drug-likeness (QED) is 0.738. The molecule has 2 aromatic carbocycles. The maximum absolute atomic E-state index is 12.3. The van der Waals surface area contributed by atoms with Gasteiger partial charge in [-0.05, 0) is 55.8 Å². The van der Waals surface area contributed by atoms with E-state index in [1.165, 1.54) is 0 Å². The van der Waals surface area contributed by atoms with E-state index in [-0.39, 0.29) is 24.4 Å². The standard InChI is InChI=1S/C20H22N4O.ClH/c1-24-18-8-3-2-6-16(18)23-19(24)14-9-11-15(12-10-14)22-20(25)17-7-4-5-13-21-17;/h2-3,6,8-12,17,21H,4-5,7,13H2,1H3,(H,22,25);1H. The lowest BCUT2D eigenvalue weighted by molar-refractivity contribution is -0.118. The predicted octanol–water partition coefficient (Wildman–Crippen LogP) is 3.74. The number of hydrogen-bond acceptors (Lipinski definition) is 3. The number of amides is 1. The summed E-state index contributed by atoms with van der Waals surface area (Å²) in [7, 11) is 2.02. The highest BCUT2D eigenvalue weighted by molar-refractivity contribution is 5.95. The van der Waals surface area contributed by atoms with Crippen LogP contribution >= 0.6 is 12.4 Å². The first-order valence-electron chi connectivity index (χ1n) is 8.78. The molecule has 1 unspecified atom stereocenters. The van der Waals surface area contributed by atoms with Crippen molar-refractivity contribution in [2.24, 2.45) is 7.05 Å². The second-order valence-corrected chi connectivity index (χ2v) is 6.55. The zero-order valence-electron chi connectivity index (χ0n) is 14.7. The van der Waals surface area contributed by atoms with Crippen LogP contribution in [-0.4, -0.2) is 28.0 Å². The summed E-state index contributed by atoms with van der Waals surface area (Å²) >= 11 is 0. The number of para-hydroxylation sites is 2. The van der Waals surface area contributed by atoms with Crippen LogP contribution in [-0.2, 0) is 11.8 Å². The van der Waals surface area contributed by atoms with E-state index in [1.54, 1.807) is 0 Å². The third-order valence-corrected chi connectivity index (χ3v) is 4.82. The molecule has 1 fully saturated rings. The van der Waals surface area contributed by atoms with E-state index in [0.717, 1.165) is 53.9 Å². The molecule has 0 spiro atoms. The fourth-order valence-electron chi connectivity index (χ4n) is 3.41. The Morgan fingerprint density at radius 2 is 1.92 bits per heavy atom. The lowest BCUT2D eigenvalue weighted by Crippen LogP contribution is -2.43. The number of benzene rings is 2. The number of nitrogens with one attached hydrogen (secondary N) is 2. The van der Waals surface area contributed by atoms with Gasteiger partial charge in [-0.3, -0.25) is 4.79 Å². The Kier molecular flexibility index (Phi) is 5.59. The van der Waals surface area contributed by atoms with Crippen molar-refractivity contribution < 1.29 is 4.79 Å². The molecule has 0 saturated carbocycles. The highest BCUT2D eigenvalue weighted by Gasteiger charge is 2.20.